The molecule has 0 amide bonds. The summed E-state index contributed by atoms with van der Waals surface area (Å²) in [4.78, 5) is 15.1. The standard InChI is InChI=1S/C13H20N2O3/c1-9(8-16)4-3-5-14-12-7-11(13(17)18)6-10(2)15-12/h6-7,9,16H,3-5,8H2,1-2H3,(H,14,15)(H,17,18). The Bertz CT molecular complexity index is 407. The molecule has 18 heavy (non-hydrogen) atoms. The molecule has 5 heteroatoms. The van der Waals surface area contributed by atoms with Gasteiger partial charge >= 0.3 is 5.97 Å². The molecule has 1 atom stereocenters. The lowest BCUT2D eigenvalue weighted by atomic mass is 10.1. The lowest BCUT2D eigenvalue weighted by Crippen LogP contribution is -2.09. The maximum atomic E-state index is 10.9. The van der Waals surface area contributed by atoms with E-state index in [1.807, 2.05) is 6.92 Å². The van der Waals surface area contributed by atoms with Crippen LogP contribution in [-0.4, -0.2) is 34.3 Å². The Hall–Kier alpha value is -1.62. The molecule has 3 N–H and O–H groups in total. The van der Waals surface area contributed by atoms with Crippen LogP contribution in [0.2, 0.25) is 0 Å². The zero-order chi connectivity index (χ0) is 13.5. The minimum atomic E-state index is -0.947. The van der Waals surface area contributed by atoms with E-state index in [2.05, 4.69) is 10.3 Å². The molecule has 5 nitrogen and oxygen atoms in total. The van der Waals surface area contributed by atoms with E-state index in [0.717, 1.165) is 19.4 Å². The molecule has 1 rings (SSSR count). The fraction of sp³-hybridized carbons (Fsp3) is 0.538. The third-order valence-electron chi connectivity index (χ3n) is 2.69. The Kier molecular flexibility index (Phi) is 5.58. The molecular weight excluding hydrogens is 232 g/mol. The summed E-state index contributed by atoms with van der Waals surface area (Å²) in [6.07, 6.45) is 1.85. The second kappa shape index (κ2) is 6.96. The molecule has 0 aliphatic carbocycles. The fourth-order valence-electron chi connectivity index (χ4n) is 1.64. The van der Waals surface area contributed by atoms with Crippen molar-refractivity contribution in [1.29, 1.82) is 0 Å². The van der Waals surface area contributed by atoms with E-state index in [4.69, 9.17) is 10.2 Å². The van der Waals surface area contributed by atoms with Crippen molar-refractivity contribution < 1.29 is 15.0 Å². The van der Waals surface area contributed by atoms with Crippen molar-refractivity contribution in [3.8, 4) is 0 Å². The minimum absolute atomic E-state index is 0.200. The summed E-state index contributed by atoms with van der Waals surface area (Å²) in [5.74, 6) is -0.0617. The second-order valence-corrected chi connectivity index (χ2v) is 4.54. The van der Waals surface area contributed by atoms with Gasteiger partial charge in [0.05, 0.1) is 5.56 Å². The van der Waals surface area contributed by atoms with E-state index in [1.165, 1.54) is 6.07 Å². The van der Waals surface area contributed by atoms with E-state index < -0.39 is 5.97 Å². The maximum Gasteiger partial charge on any atom is 0.335 e. The largest absolute Gasteiger partial charge is 0.478 e. The Labute approximate surface area is 107 Å². The number of rotatable bonds is 7. The van der Waals surface area contributed by atoms with Gasteiger partial charge in [-0.3, -0.25) is 0 Å². The number of aryl methyl sites for hydroxylation is 1. The Balaban J connectivity index is 2.49. The van der Waals surface area contributed by atoms with Gasteiger partial charge in [0.1, 0.15) is 5.82 Å². The molecule has 0 aliphatic rings. The van der Waals surface area contributed by atoms with Gasteiger partial charge < -0.3 is 15.5 Å². The van der Waals surface area contributed by atoms with Crippen molar-refractivity contribution in [2.75, 3.05) is 18.5 Å². The third-order valence-corrected chi connectivity index (χ3v) is 2.69. The Morgan fingerprint density at radius 1 is 1.50 bits per heavy atom. The van der Waals surface area contributed by atoms with Gasteiger partial charge in [-0.15, -0.1) is 0 Å². The Morgan fingerprint density at radius 3 is 2.83 bits per heavy atom. The average molecular weight is 252 g/mol. The number of aromatic nitrogens is 1. The SMILES string of the molecule is Cc1cc(C(=O)O)cc(NCCCC(C)CO)n1. The van der Waals surface area contributed by atoms with E-state index in [9.17, 15) is 4.79 Å². The van der Waals surface area contributed by atoms with Crippen molar-refractivity contribution in [3.05, 3.63) is 23.4 Å². The highest BCUT2D eigenvalue weighted by Gasteiger charge is 2.06. The number of nitrogens with zero attached hydrogens (tertiary/aromatic N) is 1. The smallest absolute Gasteiger partial charge is 0.335 e. The first-order valence-electron chi connectivity index (χ1n) is 6.09. The number of aliphatic hydroxyl groups excluding tert-OH is 1. The number of aromatic carboxylic acids is 1. The number of carboxylic acids is 1. The summed E-state index contributed by atoms with van der Waals surface area (Å²) < 4.78 is 0. The van der Waals surface area contributed by atoms with Gasteiger partial charge in [0.25, 0.3) is 0 Å². The molecule has 1 aromatic rings. The van der Waals surface area contributed by atoms with Gasteiger partial charge in [0, 0.05) is 18.8 Å². The second-order valence-electron chi connectivity index (χ2n) is 4.54. The van der Waals surface area contributed by atoms with Crippen molar-refractivity contribution in [2.24, 2.45) is 5.92 Å². The van der Waals surface area contributed by atoms with E-state index in [1.54, 1.807) is 13.0 Å². The molecule has 0 saturated carbocycles. The number of hydrogen-bond acceptors (Lipinski definition) is 4. The van der Waals surface area contributed by atoms with E-state index >= 15 is 0 Å². The first-order chi connectivity index (χ1) is 8.52. The van der Waals surface area contributed by atoms with Crippen LogP contribution >= 0.6 is 0 Å². The molecule has 0 aliphatic heterocycles. The lowest BCUT2D eigenvalue weighted by molar-refractivity contribution is 0.0696. The number of carboxylic acid groups (broad SMARTS) is 1. The summed E-state index contributed by atoms with van der Waals surface area (Å²) in [6, 6.07) is 3.08. The highest BCUT2D eigenvalue weighted by Crippen LogP contribution is 2.11. The van der Waals surface area contributed by atoms with Gasteiger partial charge in [-0.05, 0) is 37.8 Å². The van der Waals surface area contributed by atoms with Crippen LogP contribution in [0.25, 0.3) is 0 Å². The molecule has 0 radical (unpaired) electrons. The van der Waals surface area contributed by atoms with Crippen LogP contribution in [-0.2, 0) is 0 Å². The number of carbonyl (C=O) groups is 1. The number of hydrogen-bond donors (Lipinski definition) is 3. The molecule has 1 heterocycles. The summed E-state index contributed by atoms with van der Waals surface area (Å²) in [7, 11) is 0. The zero-order valence-corrected chi connectivity index (χ0v) is 10.8. The van der Waals surface area contributed by atoms with Crippen molar-refractivity contribution in [3.63, 3.8) is 0 Å². The van der Waals surface area contributed by atoms with Crippen LogP contribution in [0.3, 0.4) is 0 Å². The summed E-state index contributed by atoms with van der Waals surface area (Å²) in [6.45, 7) is 4.69. The highest BCUT2D eigenvalue weighted by atomic mass is 16.4. The van der Waals surface area contributed by atoms with Crippen LogP contribution in [0, 0.1) is 12.8 Å². The molecule has 0 spiro atoms. The number of aliphatic hydroxyl groups is 1. The molecule has 1 aromatic heterocycles. The first kappa shape index (κ1) is 14.4. The van der Waals surface area contributed by atoms with Crippen molar-refractivity contribution >= 4 is 11.8 Å². The fourth-order valence-corrected chi connectivity index (χ4v) is 1.64. The minimum Gasteiger partial charge on any atom is -0.478 e. The van der Waals surface area contributed by atoms with Crippen LogP contribution in [0.15, 0.2) is 12.1 Å². The van der Waals surface area contributed by atoms with Gasteiger partial charge in [0.2, 0.25) is 0 Å². The number of nitrogens with one attached hydrogen (secondary N) is 1. The van der Waals surface area contributed by atoms with Gasteiger partial charge in [0.15, 0.2) is 0 Å². The van der Waals surface area contributed by atoms with Crippen molar-refractivity contribution in [2.45, 2.75) is 26.7 Å². The van der Waals surface area contributed by atoms with Crippen molar-refractivity contribution in [1.82, 2.24) is 4.98 Å². The normalized spacial score (nSPS) is 12.2. The molecule has 0 aromatic carbocycles. The predicted octanol–water partition coefficient (Wildman–Crippen LogP) is 1.91. The number of pyridine rings is 1. The molecule has 0 fully saturated rings. The molecular formula is C13H20N2O3. The summed E-state index contributed by atoms with van der Waals surface area (Å²) >= 11 is 0. The predicted molar refractivity (Wildman–Crippen MR) is 69.9 cm³/mol. The highest BCUT2D eigenvalue weighted by molar-refractivity contribution is 5.88. The maximum absolute atomic E-state index is 10.9. The zero-order valence-electron chi connectivity index (χ0n) is 10.8. The lowest BCUT2D eigenvalue weighted by Gasteiger charge is -2.09. The van der Waals surface area contributed by atoms with Gasteiger partial charge in [-0.25, -0.2) is 9.78 Å². The Morgan fingerprint density at radius 2 is 2.22 bits per heavy atom. The summed E-state index contributed by atoms with van der Waals surface area (Å²) in [5, 5.41) is 20.9. The van der Waals surface area contributed by atoms with Gasteiger partial charge in [-0.1, -0.05) is 6.92 Å². The third kappa shape index (κ3) is 4.71. The van der Waals surface area contributed by atoms with Crippen LogP contribution < -0.4 is 5.32 Å². The quantitative estimate of drug-likeness (QED) is 0.646. The monoisotopic (exact) mass is 252 g/mol. The molecule has 0 saturated heterocycles. The van der Waals surface area contributed by atoms with Crippen LogP contribution in [0.1, 0.15) is 35.8 Å². The topological polar surface area (TPSA) is 82.5 Å². The van der Waals surface area contributed by atoms with E-state index in [0.29, 0.717) is 17.4 Å². The van der Waals surface area contributed by atoms with Crippen LogP contribution in [0.4, 0.5) is 5.82 Å². The van der Waals surface area contributed by atoms with Crippen LogP contribution in [0.5, 0.6) is 0 Å². The summed E-state index contributed by atoms with van der Waals surface area (Å²) in [5.41, 5.74) is 0.926. The number of anilines is 1. The molecule has 1 unspecified atom stereocenters. The molecule has 100 valence electrons. The molecule has 0 bridgehead atoms. The average Bonchev–Trinajstić information content (AvgIpc) is 2.33. The first-order valence-corrected chi connectivity index (χ1v) is 6.09. The van der Waals surface area contributed by atoms with E-state index in [-0.39, 0.29) is 12.2 Å². The van der Waals surface area contributed by atoms with Gasteiger partial charge in [-0.2, -0.15) is 0 Å².